The highest BCUT2D eigenvalue weighted by molar-refractivity contribution is 5.73. The van der Waals surface area contributed by atoms with Crippen molar-refractivity contribution in [3.8, 4) is 0 Å². The van der Waals surface area contributed by atoms with Crippen molar-refractivity contribution in [1.82, 2.24) is 20.8 Å². The molecule has 0 saturated carbocycles. The molecule has 0 aliphatic heterocycles. The van der Waals surface area contributed by atoms with Gasteiger partial charge in [-0.15, -0.1) is 0 Å². The first kappa shape index (κ1) is 18.9. The molecule has 2 rings (SSSR count). The van der Waals surface area contributed by atoms with Gasteiger partial charge in [0.2, 0.25) is 5.89 Å². The Morgan fingerprint density at radius 2 is 1.88 bits per heavy atom. The molecule has 3 N–H and O–H groups in total. The number of carbonyl (C=O) groups is 1. The third-order valence-corrected chi connectivity index (χ3v) is 3.71. The van der Waals surface area contributed by atoms with Crippen molar-refractivity contribution >= 4 is 6.03 Å². The van der Waals surface area contributed by atoms with Crippen LogP contribution in [-0.4, -0.2) is 34.4 Å². The van der Waals surface area contributed by atoms with E-state index in [1.54, 1.807) is 0 Å². The Bertz CT molecular complexity index is 692. The predicted octanol–water partition coefficient (Wildman–Crippen LogP) is 2.39. The van der Waals surface area contributed by atoms with E-state index in [9.17, 15) is 9.90 Å². The Hall–Kier alpha value is -2.41. The van der Waals surface area contributed by atoms with Crippen molar-refractivity contribution in [2.45, 2.75) is 46.1 Å². The average Bonchev–Trinajstić information content (AvgIpc) is 3.01. The second-order valence-electron chi connectivity index (χ2n) is 6.52. The van der Waals surface area contributed by atoms with Gasteiger partial charge in [0, 0.05) is 25.4 Å². The van der Waals surface area contributed by atoms with Gasteiger partial charge in [-0.1, -0.05) is 48.3 Å². The lowest BCUT2D eigenvalue weighted by molar-refractivity contribution is 0.173. The molecular formula is C18H26N4O3. The first-order valence-electron chi connectivity index (χ1n) is 8.45. The van der Waals surface area contributed by atoms with Gasteiger partial charge in [-0.3, -0.25) is 0 Å². The van der Waals surface area contributed by atoms with E-state index in [0.29, 0.717) is 24.7 Å². The van der Waals surface area contributed by atoms with Crippen LogP contribution in [0.5, 0.6) is 0 Å². The standard InChI is InChI=1S/C18H26N4O3/c1-11(2)17-21-16(25-22-17)5-6-19-18(24)20-10-15(23)14-8-12(3)7-13(4)9-14/h7-9,11,15,23H,5-6,10H2,1-4H3,(H2,19,20,24). The highest BCUT2D eigenvalue weighted by Gasteiger charge is 2.12. The van der Waals surface area contributed by atoms with Crippen LogP contribution in [0.2, 0.25) is 0 Å². The summed E-state index contributed by atoms with van der Waals surface area (Å²) in [5, 5.41) is 19.4. The van der Waals surface area contributed by atoms with Crippen molar-refractivity contribution in [3.63, 3.8) is 0 Å². The molecule has 1 atom stereocenters. The maximum atomic E-state index is 11.8. The molecule has 0 aliphatic carbocycles. The molecule has 1 unspecified atom stereocenters. The molecule has 0 saturated heterocycles. The quantitative estimate of drug-likeness (QED) is 0.715. The number of carbonyl (C=O) groups excluding carboxylic acids is 1. The zero-order chi connectivity index (χ0) is 18.4. The summed E-state index contributed by atoms with van der Waals surface area (Å²) >= 11 is 0. The summed E-state index contributed by atoms with van der Waals surface area (Å²) in [5.41, 5.74) is 2.96. The molecule has 2 aromatic rings. The number of benzene rings is 1. The highest BCUT2D eigenvalue weighted by atomic mass is 16.5. The van der Waals surface area contributed by atoms with Crippen LogP contribution in [-0.2, 0) is 6.42 Å². The van der Waals surface area contributed by atoms with E-state index in [0.717, 1.165) is 16.7 Å². The number of aryl methyl sites for hydroxylation is 2. The van der Waals surface area contributed by atoms with Gasteiger partial charge in [0.1, 0.15) is 0 Å². The topological polar surface area (TPSA) is 100 Å². The molecule has 1 heterocycles. The molecule has 0 spiro atoms. The Kier molecular flexibility index (Phi) is 6.52. The molecule has 0 aliphatic rings. The van der Waals surface area contributed by atoms with Crippen molar-refractivity contribution in [1.29, 1.82) is 0 Å². The van der Waals surface area contributed by atoms with Gasteiger partial charge in [-0.2, -0.15) is 4.98 Å². The molecule has 0 radical (unpaired) electrons. The summed E-state index contributed by atoms with van der Waals surface area (Å²) in [6.07, 6.45) is -0.277. The highest BCUT2D eigenvalue weighted by Crippen LogP contribution is 2.16. The van der Waals surface area contributed by atoms with Crippen LogP contribution < -0.4 is 10.6 Å². The first-order valence-corrected chi connectivity index (χ1v) is 8.45. The Labute approximate surface area is 147 Å². The minimum atomic E-state index is -0.742. The van der Waals surface area contributed by atoms with Crippen molar-refractivity contribution in [2.75, 3.05) is 13.1 Å². The van der Waals surface area contributed by atoms with Crippen LogP contribution in [0.25, 0.3) is 0 Å². The lowest BCUT2D eigenvalue weighted by Crippen LogP contribution is -2.38. The lowest BCUT2D eigenvalue weighted by atomic mass is 10.0. The average molecular weight is 346 g/mol. The van der Waals surface area contributed by atoms with Gasteiger partial charge < -0.3 is 20.3 Å². The molecular weight excluding hydrogens is 320 g/mol. The Balaban J connectivity index is 1.72. The molecule has 2 amide bonds. The third kappa shape index (κ3) is 5.86. The van der Waals surface area contributed by atoms with Gasteiger partial charge in [0.15, 0.2) is 5.82 Å². The first-order chi connectivity index (χ1) is 11.8. The van der Waals surface area contributed by atoms with E-state index in [1.165, 1.54) is 0 Å². The second-order valence-corrected chi connectivity index (χ2v) is 6.52. The fourth-order valence-electron chi connectivity index (χ4n) is 2.46. The zero-order valence-corrected chi connectivity index (χ0v) is 15.2. The van der Waals surface area contributed by atoms with Crippen LogP contribution in [0.3, 0.4) is 0 Å². The maximum absolute atomic E-state index is 11.8. The van der Waals surface area contributed by atoms with Crippen LogP contribution in [0, 0.1) is 13.8 Å². The number of nitrogens with zero attached hydrogens (tertiary/aromatic N) is 2. The number of nitrogens with one attached hydrogen (secondary N) is 2. The van der Waals surface area contributed by atoms with Crippen molar-refractivity contribution in [2.24, 2.45) is 0 Å². The fourth-order valence-corrected chi connectivity index (χ4v) is 2.46. The zero-order valence-electron chi connectivity index (χ0n) is 15.2. The molecule has 7 nitrogen and oxygen atoms in total. The lowest BCUT2D eigenvalue weighted by Gasteiger charge is -2.14. The minimum Gasteiger partial charge on any atom is -0.387 e. The molecule has 7 heteroatoms. The van der Waals surface area contributed by atoms with Gasteiger partial charge in [0.25, 0.3) is 0 Å². The molecule has 25 heavy (non-hydrogen) atoms. The number of rotatable bonds is 7. The number of aliphatic hydroxyl groups is 1. The SMILES string of the molecule is Cc1cc(C)cc(C(O)CNC(=O)NCCc2nc(C(C)C)no2)c1. The van der Waals surface area contributed by atoms with Crippen molar-refractivity contribution in [3.05, 3.63) is 46.6 Å². The molecule has 0 bridgehead atoms. The predicted molar refractivity (Wildman–Crippen MR) is 94.4 cm³/mol. The van der Waals surface area contributed by atoms with Crippen LogP contribution in [0.4, 0.5) is 4.79 Å². The summed E-state index contributed by atoms with van der Waals surface area (Å²) in [5.74, 6) is 1.37. The van der Waals surface area contributed by atoms with E-state index in [1.807, 2.05) is 45.9 Å². The van der Waals surface area contributed by atoms with Crippen molar-refractivity contribution < 1.29 is 14.4 Å². The summed E-state index contributed by atoms with van der Waals surface area (Å²) in [4.78, 5) is 16.1. The molecule has 136 valence electrons. The minimum absolute atomic E-state index is 0.146. The van der Waals surface area contributed by atoms with Crippen LogP contribution >= 0.6 is 0 Å². The molecule has 1 aromatic carbocycles. The number of amides is 2. The van der Waals surface area contributed by atoms with E-state index >= 15 is 0 Å². The summed E-state index contributed by atoms with van der Waals surface area (Å²) in [7, 11) is 0. The molecule has 1 aromatic heterocycles. The van der Waals surface area contributed by atoms with Gasteiger partial charge in [-0.25, -0.2) is 4.79 Å². The number of hydrogen-bond donors (Lipinski definition) is 3. The van der Waals surface area contributed by atoms with Gasteiger partial charge in [0.05, 0.1) is 6.10 Å². The van der Waals surface area contributed by atoms with Crippen LogP contribution in [0.15, 0.2) is 22.7 Å². The van der Waals surface area contributed by atoms with E-state index < -0.39 is 6.10 Å². The largest absolute Gasteiger partial charge is 0.387 e. The van der Waals surface area contributed by atoms with Gasteiger partial charge >= 0.3 is 6.03 Å². The van der Waals surface area contributed by atoms with Gasteiger partial charge in [-0.05, 0) is 19.4 Å². The Morgan fingerprint density at radius 3 is 2.48 bits per heavy atom. The number of urea groups is 1. The monoisotopic (exact) mass is 346 g/mol. The summed E-state index contributed by atoms with van der Waals surface area (Å²) in [6, 6.07) is 5.53. The second kappa shape index (κ2) is 8.62. The van der Waals surface area contributed by atoms with E-state index in [2.05, 4.69) is 20.8 Å². The fraction of sp³-hybridized carbons (Fsp3) is 0.500. The number of aromatic nitrogens is 2. The Morgan fingerprint density at radius 1 is 1.20 bits per heavy atom. The normalized spacial score (nSPS) is 12.2. The number of aliphatic hydroxyl groups excluding tert-OH is 1. The molecule has 0 fully saturated rings. The maximum Gasteiger partial charge on any atom is 0.314 e. The number of hydrogen-bond acceptors (Lipinski definition) is 5. The summed E-state index contributed by atoms with van der Waals surface area (Å²) in [6.45, 7) is 8.46. The smallest absolute Gasteiger partial charge is 0.314 e. The third-order valence-electron chi connectivity index (χ3n) is 3.71. The van der Waals surface area contributed by atoms with E-state index in [4.69, 9.17) is 4.52 Å². The van der Waals surface area contributed by atoms with E-state index in [-0.39, 0.29) is 18.5 Å². The van der Waals surface area contributed by atoms with Crippen LogP contribution in [0.1, 0.15) is 54.3 Å². The summed E-state index contributed by atoms with van der Waals surface area (Å²) < 4.78 is 5.11.